The summed E-state index contributed by atoms with van der Waals surface area (Å²) in [6, 6.07) is 20.7. The van der Waals surface area contributed by atoms with Gasteiger partial charge in [0.05, 0.1) is 0 Å². The molecule has 0 spiro atoms. The maximum absolute atomic E-state index is 12.8. The highest BCUT2D eigenvalue weighted by molar-refractivity contribution is 5.78. The van der Waals surface area contributed by atoms with E-state index in [1.165, 1.54) is 16.7 Å². The number of likely N-dealkylation sites (tertiary alicyclic amines) is 1. The largest absolute Gasteiger partial charge is 0.341 e. The first-order valence-electron chi connectivity index (χ1n) is 9.85. The van der Waals surface area contributed by atoms with Crippen LogP contribution in [0.2, 0.25) is 0 Å². The Kier molecular flexibility index (Phi) is 6.83. The van der Waals surface area contributed by atoms with Gasteiger partial charge < -0.3 is 4.90 Å². The van der Waals surface area contributed by atoms with E-state index in [9.17, 15) is 4.79 Å². The standard InChI is InChI=1S/C24H30N2O/c1-20(17-21-9-5-3-6-10-21)18-26-15-13-23(14-16-26)24(27)25(2)19-22-11-7-4-8-12-22/h3-12,17,23H,13-16,18-19H2,1-2H3/b20-17+. The fourth-order valence-electron chi connectivity index (χ4n) is 3.82. The molecule has 0 aromatic heterocycles. The third kappa shape index (κ3) is 5.80. The average Bonchev–Trinajstić information content (AvgIpc) is 2.69. The van der Waals surface area contributed by atoms with Crippen molar-refractivity contribution < 1.29 is 4.79 Å². The average molecular weight is 363 g/mol. The van der Waals surface area contributed by atoms with Gasteiger partial charge >= 0.3 is 0 Å². The van der Waals surface area contributed by atoms with Crippen molar-refractivity contribution in [1.29, 1.82) is 0 Å². The summed E-state index contributed by atoms with van der Waals surface area (Å²) in [4.78, 5) is 17.1. The second-order valence-corrected chi connectivity index (χ2v) is 7.63. The number of nitrogens with zero attached hydrogens (tertiary/aromatic N) is 2. The van der Waals surface area contributed by atoms with Crippen LogP contribution in [0.5, 0.6) is 0 Å². The molecule has 3 rings (SSSR count). The number of amides is 1. The maximum Gasteiger partial charge on any atom is 0.225 e. The number of piperidine rings is 1. The molecule has 0 N–H and O–H groups in total. The second-order valence-electron chi connectivity index (χ2n) is 7.63. The lowest BCUT2D eigenvalue weighted by Gasteiger charge is -2.33. The van der Waals surface area contributed by atoms with Crippen molar-refractivity contribution in [3.63, 3.8) is 0 Å². The first kappa shape index (κ1) is 19.4. The molecule has 1 amide bonds. The van der Waals surface area contributed by atoms with Gasteiger partial charge in [-0.3, -0.25) is 9.69 Å². The Morgan fingerprint density at radius 2 is 1.63 bits per heavy atom. The molecule has 27 heavy (non-hydrogen) atoms. The minimum absolute atomic E-state index is 0.161. The maximum atomic E-state index is 12.8. The molecule has 0 saturated carbocycles. The van der Waals surface area contributed by atoms with Crippen LogP contribution in [-0.4, -0.2) is 42.4 Å². The van der Waals surface area contributed by atoms with Gasteiger partial charge in [0.25, 0.3) is 0 Å². The van der Waals surface area contributed by atoms with Crippen LogP contribution < -0.4 is 0 Å². The zero-order valence-electron chi connectivity index (χ0n) is 16.5. The summed E-state index contributed by atoms with van der Waals surface area (Å²) in [6.45, 7) is 5.86. The summed E-state index contributed by atoms with van der Waals surface area (Å²) in [5.74, 6) is 0.448. The topological polar surface area (TPSA) is 23.6 Å². The number of rotatable bonds is 6. The van der Waals surface area contributed by atoms with Crippen LogP contribution in [0, 0.1) is 5.92 Å². The van der Waals surface area contributed by atoms with Crippen molar-refractivity contribution in [2.75, 3.05) is 26.7 Å². The van der Waals surface area contributed by atoms with Crippen LogP contribution in [0.25, 0.3) is 6.08 Å². The lowest BCUT2D eigenvalue weighted by Crippen LogP contribution is -2.41. The highest BCUT2D eigenvalue weighted by Crippen LogP contribution is 2.21. The Morgan fingerprint density at radius 3 is 2.26 bits per heavy atom. The third-order valence-electron chi connectivity index (χ3n) is 5.26. The van der Waals surface area contributed by atoms with E-state index < -0.39 is 0 Å². The van der Waals surface area contributed by atoms with Crippen molar-refractivity contribution >= 4 is 12.0 Å². The van der Waals surface area contributed by atoms with Gasteiger partial charge in [0, 0.05) is 26.1 Å². The van der Waals surface area contributed by atoms with E-state index >= 15 is 0 Å². The van der Waals surface area contributed by atoms with Crippen molar-refractivity contribution in [1.82, 2.24) is 9.80 Å². The Bertz CT molecular complexity index is 746. The summed E-state index contributed by atoms with van der Waals surface area (Å²) in [5, 5.41) is 0. The molecule has 0 aliphatic carbocycles. The normalized spacial score (nSPS) is 16.3. The number of benzene rings is 2. The van der Waals surface area contributed by atoms with E-state index in [2.05, 4.69) is 54.3 Å². The van der Waals surface area contributed by atoms with Crippen LogP contribution in [0.4, 0.5) is 0 Å². The van der Waals surface area contributed by atoms with Gasteiger partial charge in [-0.2, -0.15) is 0 Å². The Hall–Kier alpha value is -2.39. The molecule has 2 aromatic carbocycles. The van der Waals surface area contributed by atoms with Crippen molar-refractivity contribution in [3.05, 3.63) is 77.4 Å². The van der Waals surface area contributed by atoms with E-state index in [1.54, 1.807) is 0 Å². The highest BCUT2D eigenvalue weighted by Gasteiger charge is 2.27. The number of carbonyl (C=O) groups is 1. The summed E-state index contributed by atoms with van der Waals surface area (Å²) >= 11 is 0. The molecule has 0 atom stereocenters. The van der Waals surface area contributed by atoms with Crippen LogP contribution in [-0.2, 0) is 11.3 Å². The fourth-order valence-corrected chi connectivity index (χ4v) is 3.82. The minimum atomic E-state index is 0.161. The molecule has 1 fully saturated rings. The summed E-state index contributed by atoms with van der Waals surface area (Å²) in [5.41, 5.74) is 3.81. The lowest BCUT2D eigenvalue weighted by atomic mass is 9.95. The van der Waals surface area contributed by atoms with Gasteiger partial charge in [0.1, 0.15) is 0 Å². The molecule has 1 heterocycles. The van der Waals surface area contributed by atoms with Gasteiger partial charge in [-0.25, -0.2) is 0 Å². The molecule has 1 aliphatic rings. The smallest absolute Gasteiger partial charge is 0.225 e. The quantitative estimate of drug-likeness (QED) is 0.757. The van der Waals surface area contributed by atoms with Crippen LogP contribution >= 0.6 is 0 Å². The monoisotopic (exact) mass is 362 g/mol. The second kappa shape index (κ2) is 9.52. The van der Waals surface area contributed by atoms with Gasteiger partial charge in [0.15, 0.2) is 0 Å². The number of carbonyl (C=O) groups excluding carboxylic acids is 1. The summed E-state index contributed by atoms with van der Waals surface area (Å²) in [6.07, 6.45) is 4.16. The molecule has 1 saturated heterocycles. The molecule has 0 bridgehead atoms. The molecular formula is C24H30N2O. The molecule has 3 heteroatoms. The van der Waals surface area contributed by atoms with Crippen molar-refractivity contribution in [2.45, 2.75) is 26.3 Å². The summed E-state index contributed by atoms with van der Waals surface area (Å²) in [7, 11) is 1.93. The molecule has 0 unspecified atom stereocenters. The fraction of sp³-hybridized carbons (Fsp3) is 0.375. The number of hydrogen-bond donors (Lipinski definition) is 0. The van der Waals surface area contributed by atoms with Crippen LogP contribution in [0.15, 0.2) is 66.2 Å². The van der Waals surface area contributed by atoms with Crippen LogP contribution in [0.3, 0.4) is 0 Å². The van der Waals surface area contributed by atoms with Crippen LogP contribution in [0.1, 0.15) is 30.9 Å². The predicted octanol–water partition coefficient (Wildman–Crippen LogP) is 4.46. The summed E-state index contributed by atoms with van der Waals surface area (Å²) < 4.78 is 0. The lowest BCUT2D eigenvalue weighted by molar-refractivity contribution is -0.136. The van der Waals surface area contributed by atoms with Gasteiger partial charge in [0.2, 0.25) is 5.91 Å². The van der Waals surface area contributed by atoms with E-state index in [0.29, 0.717) is 6.54 Å². The first-order chi connectivity index (χ1) is 13.1. The number of hydrogen-bond acceptors (Lipinski definition) is 2. The van der Waals surface area contributed by atoms with Gasteiger partial charge in [-0.05, 0) is 44.0 Å². The van der Waals surface area contributed by atoms with Crippen molar-refractivity contribution in [2.24, 2.45) is 5.92 Å². The van der Waals surface area contributed by atoms with Gasteiger partial charge in [-0.15, -0.1) is 0 Å². The van der Waals surface area contributed by atoms with Gasteiger partial charge in [-0.1, -0.05) is 72.3 Å². The van der Waals surface area contributed by atoms with E-state index in [4.69, 9.17) is 0 Å². The molecule has 142 valence electrons. The molecule has 1 aliphatic heterocycles. The van der Waals surface area contributed by atoms with E-state index in [0.717, 1.165) is 32.5 Å². The third-order valence-corrected chi connectivity index (χ3v) is 5.26. The molecule has 3 nitrogen and oxygen atoms in total. The molecular weight excluding hydrogens is 332 g/mol. The zero-order chi connectivity index (χ0) is 19.1. The molecule has 2 aromatic rings. The Balaban J connectivity index is 1.47. The van der Waals surface area contributed by atoms with Crippen molar-refractivity contribution in [3.8, 4) is 0 Å². The highest BCUT2D eigenvalue weighted by atomic mass is 16.2. The predicted molar refractivity (Wildman–Crippen MR) is 112 cm³/mol. The minimum Gasteiger partial charge on any atom is -0.341 e. The van der Waals surface area contributed by atoms with E-state index in [1.807, 2.05) is 36.2 Å². The zero-order valence-corrected chi connectivity index (χ0v) is 16.5. The first-order valence-corrected chi connectivity index (χ1v) is 9.85. The Labute approximate surface area is 163 Å². The molecule has 0 radical (unpaired) electrons. The SMILES string of the molecule is C/C(=C\c1ccccc1)CN1CCC(C(=O)N(C)Cc2ccccc2)CC1. The van der Waals surface area contributed by atoms with E-state index in [-0.39, 0.29) is 11.8 Å². The Morgan fingerprint density at radius 1 is 1.04 bits per heavy atom.